The van der Waals surface area contributed by atoms with Crippen molar-refractivity contribution in [2.45, 2.75) is 54.1 Å². The Labute approximate surface area is 115 Å². The number of hydrogen-bond acceptors (Lipinski definition) is 3. The van der Waals surface area contributed by atoms with Crippen LogP contribution in [0.25, 0.3) is 0 Å². The minimum atomic E-state index is -0.133. The summed E-state index contributed by atoms with van der Waals surface area (Å²) in [4.78, 5) is 9.01. The Bertz CT molecular complexity index is 413. The van der Waals surface area contributed by atoms with E-state index in [1.165, 1.54) is 0 Å². The topological polar surface area (TPSA) is 35.0 Å². The van der Waals surface area contributed by atoms with Gasteiger partial charge in [0, 0.05) is 17.9 Å². The maximum absolute atomic E-state index is 6.19. The highest BCUT2D eigenvalue weighted by molar-refractivity contribution is 6.30. The molecule has 0 radical (unpaired) electrons. The van der Waals surface area contributed by atoms with Gasteiger partial charge in [0.25, 0.3) is 0 Å². The maximum atomic E-state index is 6.19. The molecular formula is C14H23ClN2O. The van der Waals surface area contributed by atoms with Crippen molar-refractivity contribution in [2.75, 3.05) is 6.61 Å². The minimum absolute atomic E-state index is 0.0559. The Morgan fingerprint density at radius 2 is 1.83 bits per heavy atom. The monoisotopic (exact) mass is 270 g/mol. The number of hydrogen-bond donors (Lipinski definition) is 0. The van der Waals surface area contributed by atoms with Crippen LogP contribution in [0.2, 0.25) is 5.15 Å². The summed E-state index contributed by atoms with van der Waals surface area (Å²) >= 11 is 6.19. The van der Waals surface area contributed by atoms with E-state index in [2.05, 4.69) is 37.7 Å². The fourth-order valence-corrected chi connectivity index (χ4v) is 2.09. The summed E-state index contributed by atoms with van der Waals surface area (Å²) in [5.41, 5.74) is 1.91. The van der Waals surface area contributed by atoms with Crippen LogP contribution in [0.1, 0.15) is 57.8 Å². The van der Waals surface area contributed by atoms with Gasteiger partial charge in [-0.1, -0.05) is 39.3 Å². The minimum Gasteiger partial charge on any atom is -0.370 e. The summed E-state index contributed by atoms with van der Waals surface area (Å²) in [5, 5.41) is 0.533. The molecule has 1 aromatic heterocycles. The molecule has 1 aromatic rings. The molecular weight excluding hydrogens is 248 g/mol. The first-order valence-corrected chi connectivity index (χ1v) is 6.83. The quantitative estimate of drug-likeness (QED) is 0.772. The largest absolute Gasteiger partial charge is 0.370 e. The molecule has 0 amide bonds. The molecule has 1 rings (SSSR count). The number of nitrogens with zero attached hydrogens (tertiary/aromatic N) is 2. The van der Waals surface area contributed by atoms with Crippen LogP contribution in [0.15, 0.2) is 0 Å². The van der Waals surface area contributed by atoms with Crippen LogP contribution >= 0.6 is 11.6 Å². The lowest BCUT2D eigenvalue weighted by atomic mass is 9.88. The van der Waals surface area contributed by atoms with Crippen LogP contribution in [0.3, 0.4) is 0 Å². The van der Waals surface area contributed by atoms with Gasteiger partial charge >= 0.3 is 0 Å². The molecule has 0 N–H and O–H groups in total. The highest BCUT2D eigenvalue weighted by atomic mass is 35.5. The van der Waals surface area contributed by atoms with Crippen molar-refractivity contribution in [3.63, 3.8) is 0 Å². The van der Waals surface area contributed by atoms with Crippen LogP contribution in [0.5, 0.6) is 0 Å². The molecule has 0 fully saturated rings. The van der Waals surface area contributed by atoms with Crippen molar-refractivity contribution in [1.82, 2.24) is 9.97 Å². The number of halogens is 1. The van der Waals surface area contributed by atoms with Crippen LogP contribution < -0.4 is 0 Å². The Balaban J connectivity index is 3.25. The molecule has 0 aliphatic rings. The maximum Gasteiger partial charge on any atom is 0.159 e. The van der Waals surface area contributed by atoms with Crippen molar-refractivity contribution in [3.8, 4) is 0 Å². The summed E-state index contributed by atoms with van der Waals surface area (Å²) in [6.45, 7) is 13.0. The Hall–Kier alpha value is -0.670. The highest BCUT2D eigenvalue weighted by Gasteiger charge is 2.30. The predicted molar refractivity (Wildman–Crippen MR) is 75.0 cm³/mol. The molecule has 18 heavy (non-hydrogen) atoms. The SMILES string of the molecule is CCOC(c1nc(Cl)c(C)c(CC)n1)C(C)(C)C. The van der Waals surface area contributed by atoms with Gasteiger partial charge < -0.3 is 4.74 Å². The van der Waals surface area contributed by atoms with Gasteiger partial charge in [-0.2, -0.15) is 0 Å². The van der Waals surface area contributed by atoms with Crippen LogP contribution in [0, 0.1) is 12.3 Å². The van der Waals surface area contributed by atoms with Gasteiger partial charge in [-0.3, -0.25) is 0 Å². The number of rotatable bonds is 4. The van der Waals surface area contributed by atoms with Crippen LogP contribution in [-0.4, -0.2) is 16.6 Å². The van der Waals surface area contributed by atoms with Crippen molar-refractivity contribution in [3.05, 3.63) is 22.2 Å². The second-order valence-corrected chi connectivity index (χ2v) is 5.86. The molecule has 1 unspecified atom stereocenters. The molecule has 0 saturated heterocycles. The van der Waals surface area contributed by atoms with Gasteiger partial charge in [0.2, 0.25) is 0 Å². The van der Waals surface area contributed by atoms with Gasteiger partial charge in [0.15, 0.2) is 5.82 Å². The average Bonchev–Trinajstić information content (AvgIpc) is 2.28. The summed E-state index contributed by atoms with van der Waals surface area (Å²) in [5.74, 6) is 0.691. The second-order valence-electron chi connectivity index (χ2n) is 5.50. The van der Waals surface area contributed by atoms with E-state index in [4.69, 9.17) is 16.3 Å². The zero-order valence-electron chi connectivity index (χ0n) is 12.2. The fraction of sp³-hybridized carbons (Fsp3) is 0.714. The molecule has 0 saturated carbocycles. The van der Waals surface area contributed by atoms with Crippen molar-refractivity contribution in [1.29, 1.82) is 0 Å². The van der Waals surface area contributed by atoms with Gasteiger partial charge in [-0.15, -0.1) is 0 Å². The third-order valence-corrected chi connectivity index (χ3v) is 3.26. The smallest absolute Gasteiger partial charge is 0.159 e. The summed E-state index contributed by atoms with van der Waals surface area (Å²) in [7, 11) is 0. The van der Waals surface area contributed by atoms with E-state index in [1.807, 2.05) is 13.8 Å². The van der Waals surface area contributed by atoms with Gasteiger partial charge in [0.1, 0.15) is 11.3 Å². The molecule has 0 bridgehead atoms. The first-order chi connectivity index (χ1) is 8.31. The van der Waals surface area contributed by atoms with E-state index in [-0.39, 0.29) is 11.5 Å². The summed E-state index contributed by atoms with van der Waals surface area (Å²) in [6.07, 6.45) is 0.718. The van der Waals surface area contributed by atoms with E-state index >= 15 is 0 Å². The van der Waals surface area contributed by atoms with Gasteiger partial charge in [0.05, 0.1) is 0 Å². The van der Waals surface area contributed by atoms with Crippen molar-refractivity contribution < 1.29 is 4.74 Å². The fourth-order valence-electron chi connectivity index (χ4n) is 1.89. The number of ether oxygens (including phenoxy) is 1. The van der Waals surface area contributed by atoms with E-state index in [0.717, 1.165) is 17.7 Å². The Morgan fingerprint density at radius 1 is 1.22 bits per heavy atom. The van der Waals surface area contributed by atoms with Gasteiger partial charge in [-0.25, -0.2) is 9.97 Å². The zero-order chi connectivity index (χ0) is 13.9. The lowest BCUT2D eigenvalue weighted by Crippen LogP contribution is -2.24. The molecule has 1 heterocycles. The Morgan fingerprint density at radius 3 is 2.28 bits per heavy atom. The van der Waals surface area contributed by atoms with E-state index in [9.17, 15) is 0 Å². The van der Waals surface area contributed by atoms with Crippen molar-refractivity contribution >= 4 is 11.6 Å². The third-order valence-electron chi connectivity index (χ3n) is 2.89. The number of aromatic nitrogens is 2. The normalized spacial score (nSPS) is 13.7. The Kier molecular flexibility index (Phi) is 5.11. The van der Waals surface area contributed by atoms with E-state index in [0.29, 0.717) is 17.6 Å². The lowest BCUT2D eigenvalue weighted by molar-refractivity contribution is -0.0192. The lowest BCUT2D eigenvalue weighted by Gasteiger charge is -2.29. The molecule has 102 valence electrons. The van der Waals surface area contributed by atoms with Crippen molar-refractivity contribution in [2.24, 2.45) is 5.41 Å². The molecule has 0 aliphatic heterocycles. The summed E-state index contributed by atoms with van der Waals surface area (Å²) in [6, 6.07) is 0. The zero-order valence-corrected chi connectivity index (χ0v) is 12.9. The first-order valence-electron chi connectivity index (χ1n) is 6.45. The van der Waals surface area contributed by atoms with Crippen LogP contribution in [-0.2, 0) is 11.2 Å². The molecule has 0 spiro atoms. The molecule has 0 aromatic carbocycles. The summed E-state index contributed by atoms with van der Waals surface area (Å²) < 4.78 is 5.80. The third kappa shape index (κ3) is 3.42. The average molecular weight is 271 g/mol. The molecule has 4 heteroatoms. The van der Waals surface area contributed by atoms with E-state index < -0.39 is 0 Å². The molecule has 3 nitrogen and oxygen atoms in total. The standard InChI is InChI=1S/C14H23ClN2O/c1-7-10-9(3)12(15)17-13(16-10)11(18-8-2)14(4,5)6/h11H,7-8H2,1-6H3. The first kappa shape index (κ1) is 15.4. The van der Waals surface area contributed by atoms with Crippen LogP contribution in [0.4, 0.5) is 0 Å². The van der Waals surface area contributed by atoms with E-state index in [1.54, 1.807) is 0 Å². The van der Waals surface area contributed by atoms with Gasteiger partial charge in [-0.05, 0) is 25.7 Å². The number of aryl methyl sites for hydroxylation is 1. The predicted octanol–water partition coefficient (Wildman–Crippen LogP) is 4.12. The second kappa shape index (κ2) is 5.98. The highest BCUT2D eigenvalue weighted by Crippen LogP contribution is 2.35. The molecule has 0 aliphatic carbocycles. The molecule has 1 atom stereocenters.